The van der Waals surface area contributed by atoms with Crippen LogP contribution < -0.4 is 0 Å². The lowest BCUT2D eigenvalue weighted by molar-refractivity contribution is 0.276. The largest absolute Gasteiger partial charge is 0.390 e. The fraction of sp³-hybridized carbons (Fsp3) is 0.0714. The maximum absolute atomic E-state index is 9.63. The number of pyridine rings is 1. The van der Waals surface area contributed by atoms with Crippen molar-refractivity contribution in [2.45, 2.75) is 6.61 Å². The van der Waals surface area contributed by atoms with E-state index in [-0.39, 0.29) is 6.61 Å². The highest BCUT2D eigenvalue weighted by molar-refractivity contribution is 6.36. The van der Waals surface area contributed by atoms with Gasteiger partial charge >= 0.3 is 0 Å². The molecule has 102 valence electrons. The highest BCUT2D eigenvalue weighted by Gasteiger charge is 2.16. The molecule has 3 nitrogen and oxygen atoms in total. The van der Waals surface area contributed by atoms with Crippen molar-refractivity contribution in [3.05, 3.63) is 57.3 Å². The number of hydrogen-bond acceptors (Lipinski definition) is 2. The predicted octanol–water partition coefficient (Wildman–Crippen LogP) is 4.45. The maximum Gasteiger partial charge on any atom is 0.137 e. The predicted molar refractivity (Wildman–Crippen MR) is 81.6 cm³/mol. The van der Waals surface area contributed by atoms with E-state index in [0.717, 1.165) is 5.56 Å². The Kier molecular flexibility index (Phi) is 3.61. The quantitative estimate of drug-likeness (QED) is 0.755. The van der Waals surface area contributed by atoms with Gasteiger partial charge in [0.1, 0.15) is 5.65 Å². The highest BCUT2D eigenvalue weighted by atomic mass is 35.5. The summed E-state index contributed by atoms with van der Waals surface area (Å²) >= 11 is 18.1. The molecule has 0 aliphatic rings. The first-order valence-electron chi connectivity index (χ1n) is 5.83. The third kappa shape index (κ3) is 2.27. The second kappa shape index (κ2) is 5.26. The number of imidazole rings is 1. The molecule has 0 atom stereocenters. The van der Waals surface area contributed by atoms with Crippen molar-refractivity contribution in [3.63, 3.8) is 0 Å². The van der Waals surface area contributed by atoms with Crippen LogP contribution in [-0.4, -0.2) is 14.5 Å². The number of benzene rings is 1. The van der Waals surface area contributed by atoms with Crippen molar-refractivity contribution < 1.29 is 5.11 Å². The molecule has 0 unspecified atom stereocenters. The number of rotatable bonds is 2. The first-order valence-corrected chi connectivity index (χ1v) is 6.96. The molecule has 1 N–H and O–H groups in total. The van der Waals surface area contributed by atoms with Gasteiger partial charge in [-0.3, -0.25) is 4.40 Å². The molecule has 2 aromatic heterocycles. The van der Waals surface area contributed by atoms with E-state index in [0.29, 0.717) is 32.1 Å². The molecule has 0 fully saturated rings. The fourth-order valence-electron chi connectivity index (χ4n) is 2.12. The van der Waals surface area contributed by atoms with Crippen molar-refractivity contribution >= 4 is 40.4 Å². The van der Waals surface area contributed by atoms with Crippen molar-refractivity contribution in [1.82, 2.24) is 9.38 Å². The van der Waals surface area contributed by atoms with E-state index in [9.17, 15) is 5.11 Å². The van der Waals surface area contributed by atoms with Crippen molar-refractivity contribution in [1.29, 1.82) is 0 Å². The van der Waals surface area contributed by atoms with Gasteiger partial charge in [-0.2, -0.15) is 0 Å². The second-order valence-electron chi connectivity index (χ2n) is 4.26. The van der Waals surface area contributed by atoms with Crippen LogP contribution >= 0.6 is 34.8 Å². The number of aromatic nitrogens is 2. The molecule has 0 saturated carbocycles. The standard InChI is InChI=1S/C14H9Cl3N2O/c15-8-1-3-10(11(17)5-8)14-12(7-20)19-6-9(16)2-4-13(19)18-14/h1-6,20H,7H2. The molecule has 0 saturated heterocycles. The van der Waals surface area contributed by atoms with Gasteiger partial charge in [0, 0.05) is 16.8 Å². The topological polar surface area (TPSA) is 37.5 Å². The number of nitrogens with zero attached hydrogens (tertiary/aromatic N) is 2. The summed E-state index contributed by atoms with van der Waals surface area (Å²) in [5.74, 6) is 0. The molecule has 0 aliphatic carbocycles. The Hall–Kier alpha value is -1.26. The van der Waals surface area contributed by atoms with Gasteiger partial charge in [0.05, 0.1) is 28.0 Å². The van der Waals surface area contributed by atoms with E-state index < -0.39 is 0 Å². The van der Waals surface area contributed by atoms with Gasteiger partial charge in [0.2, 0.25) is 0 Å². The van der Waals surface area contributed by atoms with E-state index in [4.69, 9.17) is 34.8 Å². The molecule has 3 rings (SSSR count). The monoisotopic (exact) mass is 326 g/mol. The van der Waals surface area contributed by atoms with Crippen molar-refractivity contribution in [2.24, 2.45) is 0 Å². The van der Waals surface area contributed by atoms with Crippen LogP contribution in [0.25, 0.3) is 16.9 Å². The maximum atomic E-state index is 9.63. The molecular formula is C14H9Cl3N2O. The molecule has 0 bridgehead atoms. The average molecular weight is 328 g/mol. The number of fused-ring (bicyclic) bond motifs is 1. The normalized spacial score (nSPS) is 11.2. The summed E-state index contributed by atoms with van der Waals surface area (Å²) in [6, 6.07) is 8.71. The van der Waals surface area contributed by atoms with Crippen LogP contribution in [0.2, 0.25) is 15.1 Å². The van der Waals surface area contributed by atoms with Gasteiger partial charge in [0.25, 0.3) is 0 Å². The second-order valence-corrected chi connectivity index (χ2v) is 5.54. The zero-order chi connectivity index (χ0) is 14.3. The van der Waals surface area contributed by atoms with Crippen LogP contribution in [0, 0.1) is 0 Å². The zero-order valence-electron chi connectivity index (χ0n) is 10.1. The third-order valence-electron chi connectivity index (χ3n) is 3.02. The molecule has 0 aliphatic heterocycles. The number of halogens is 3. The van der Waals surface area contributed by atoms with Gasteiger partial charge in [-0.05, 0) is 30.3 Å². The van der Waals surface area contributed by atoms with Crippen LogP contribution in [0.4, 0.5) is 0 Å². The third-order valence-corrected chi connectivity index (χ3v) is 3.79. The van der Waals surface area contributed by atoms with Crippen LogP contribution in [0.3, 0.4) is 0 Å². The van der Waals surface area contributed by atoms with Crippen LogP contribution in [0.1, 0.15) is 5.69 Å². The molecule has 1 aromatic carbocycles. The zero-order valence-corrected chi connectivity index (χ0v) is 12.4. The highest BCUT2D eigenvalue weighted by Crippen LogP contribution is 2.32. The van der Waals surface area contributed by atoms with Gasteiger partial charge in [-0.15, -0.1) is 0 Å². The van der Waals surface area contributed by atoms with Crippen molar-refractivity contribution in [2.75, 3.05) is 0 Å². The molecule has 2 heterocycles. The molecular weight excluding hydrogens is 319 g/mol. The fourth-order valence-corrected chi connectivity index (χ4v) is 2.77. The molecule has 0 amide bonds. The minimum absolute atomic E-state index is 0.171. The molecule has 6 heteroatoms. The lowest BCUT2D eigenvalue weighted by atomic mass is 10.1. The number of aliphatic hydroxyl groups excluding tert-OH is 1. The Morgan fingerprint density at radius 3 is 2.50 bits per heavy atom. The lowest BCUT2D eigenvalue weighted by Crippen LogP contribution is -1.94. The van der Waals surface area contributed by atoms with E-state index >= 15 is 0 Å². The first kappa shape index (κ1) is 13.7. The average Bonchev–Trinajstić information content (AvgIpc) is 2.76. The molecule has 20 heavy (non-hydrogen) atoms. The smallest absolute Gasteiger partial charge is 0.137 e. The van der Waals surface area contributed by atoms with Crippen molar-refractivity contribution in [3.8, 4) is 11.3 Å². The summed E-state index contributed by atoms with van der Waals surface area (Å²) in [6.07, 6.45) is 1.71. The summed E-state index contributed by atoms with van der Waals surface area (Å²) in [5.41, 5.74) is 2.67. The van der Waals surface area contributed by atoms with E-state index in [1.54, 1.807) is 40.9 Å². The summed E-state index contributed by atoms with van der Waals surface area (Å²) in [6.45, 7) is -0.171. The Labute approximate surface area is 130 Å². The summed E-state index contributed by atoms with van der Waals surface area (Å²) in [4.78, 5) is 4.50. The van der Waals surface area contributed by atoms with Crippen LogP contribution in [0.15, 0.2) is 36.5 Å². The van der Waals surface area contributed by atoms with Gasteiger partial charge in [0.15, 0.2) is 0 Å². The first-order chi connectivity index (χ1) is 9.60. The Morgan fingerprint density at radius 2 is 1.80 bits per heavy atom. The number of aliphatic hydroxyl groups is 1. The van der Waals surface area contributed by atoms with Gasteiger partial charge in [-0.1, -0.05) is 34.8 Å². The Bertz CT molecular complexity index is 798. The minimum atomic E-state index is -0.171. The lowest BCUT2D eigenvalue weighted by Gasteiger charge is -2.04. The van der Waals surface area contributed by atoms with E-state index in [1.807, 2.05) is 0 Å². The van der Waals surface area contributed by atoms with E-state index in [2.05, 4.69) is 4.98 Å². The van der Waals surface area contributed by atoms with Gasteiger partial charge in [-0.25, -0.2) is 4.98 Å². The van der Waals surface area contributed by atoms with E-state index in [1.165, 1.54) is 0 Å². The van der Waals surface area contributed by atoms with Gasteiger partial charge < -0.3 is 5.11 Å². The Morgan fingerprint density at radius 1 is 1.05 bits per heavy atom. The molecule has 3 aromatic rings. The summed E-state index contributed by atoms with van der Waals surface area (Å²) in [5, 5.41) is 11.2. The summed E-state index contributed by atoms with van der Waals surface area (Å²) in [7, 11) is 0. The van der Waals surface area contributed by atoms with Crippen LogP contribution in [-0.2, 0) is 6.61 Å². The minimum Gasteiger partial charge on any atom is -0.390 e. The van der Waals surface area contributed by atoms with Crippen LogP contribution in [0.5, 0.6) is 0 Å². The molecule has 0 spiro atoms. The number of hydrogen-bond donors (Lipinski definition) is 1. The molecule has 0 radical (unpaired) electrons. The Balaban J connectivity index is 2.30. The summed E-state index contributed by atoms with van der Waals surface area (Å²) < 4.78 is 1.75. The SMILES string of the molecule is OCc1c(-c2ccc(Cl)cc2Cl)nc2ccc(Cl)cn12.